The Balaban J connectivity index is 1.16. The maximum Gasteiger partial charge on any atom is 0.208 e. The molecule has 7 nitrogen and oxygen atoms in total. The molecule has 2 atom stereocenters. The standard InChI is InChI=1S/C28H25FN6O/c29-25-5-6-26-22(7-8-36-26)24(25)12-32-28-31-11-23(27-33-21(10-30)16-35(27)28)18-3-1-17(2-4-18)13-34-14-19-9-20(19)15-34/h1-6,11,16,19-20H,7-9,12-15H2,(H,31,32). The molecule has 7 rings (SSSR count). The number of benzene rings is 2. The molecule has 1 saturated carbocycles. The highest BCUT2D eigenvalue weighted by Crippen LogP contribution is 2.45. The molecule has 2 fully saturated rings. The Labute approximate surface area is 208 Å². The second kappa shape index (κ2) is 8.32. The van der Waals surface area contributed by atoms with Gasteiger partial charge in [0.05, 0.1) is 12.8 Å². The van der Waals surface area contributed by atoms with Crippen LogP contribution in [0.3, 0.4) is 0 Å². The van der Waals surface area contributed by atoms with Crippen LogP contribution < -0.4 is 10.1 Å². The first-order valence-corrected chi connectivity index (χ1v) is 12.4. The van der Waals surface area contributed by atoms with Crippen LogP contribution in [0.2, 0.25) is 0 Å². The number of rotatable bonds is 6. The maximum absolute atomic E-state index is 14.6. The normalized spacial score (nSPS) is 20.1. The van der Waals surface area contributed by atoms with Gasteiger partial charge in [0.15, 0.2) is 11.3 Å². The van der Waals surface area contributed by atoms with Crippen molar-refractivity contribution in [1.82, 2.24) is 19.3 Å². The van der Waals surface area contributed by atoms with E-state index in [1.807, 2.05) is 0 Å². The number of nitriles is 1. The number of ether oxygens (including phenoxy) is 1. The number of imidazole rings is 1. The molecule has 2 aromatic carbocycles. The van der Waals surface area contributed by atoms with E-state index in [1.165, 1.54) is 31.1 Å². The van der Waals surface area contributed by atoms with Gasteiger partial charge in [0.1, 0.15) is 17.6 Å². The largest absolute Gasteiger partial charge is 0.493 e. The number of nitrogens with one attached hydrogen (secondary N) is 1. The van der Waals surface area contributed by atoms with Gasteiger partial charge in [0, 0.05) is 55.5 Å². The topological polar surface area (TPSA) is 78.5 Å². The van der Waals surface area contributed by atoms with Gasteiger partial charge < -0.3 is 10.1 Å². The Morgan fingerprint density at radius 2 is 1.97 bits per heavy atom. The quantitative estimate of drug-likeness (QED) is 0.441. The molecule has 4 heterocycles. The smallest absolute Gasteiger partial charge is 0.208 e. The summed E-state index contributed by atoms with van der Waals surface area (Å²) in [6.45, 7) is 4.25. The Morgan fingerprint density at radius 1 is 1.14 bits per heavy atom. The van der Waals surface area contributed by atoms with Gasteiger partial charge in [-0.2, -0.15) is 5.26 Å². The van der Waals surface area contributed by atoms with Crippen molar-refractivity contribution < 1.29 is 9.13 Å². The summed E-state index contributed by atoms with van der Waals surface area (Å²) in [5.74, 6) is 2.83. The Bertz CT molecular complexity index is 1510. The lowest BCUT2D eigenvalue weighted by molar-refractivity contribution is 0.297. The fourth-order valence-corrected chi connectivity index (χ4v) is 5.71. The lowest BCUT2D eigenvalue weighted by Gasteiger charge is -2.17. The molecule has 180 valence electrons. The second-order valence-corrected chi connectivity index (χ2v) is 10.0. The van der Waals surface area contributed by atoms with Crippen LogP contribution in [-0.4, -0.2) is 39.0 Å². The third-order valence-electron chi connectivity index (χ3n) is 7.70. The SMILES string of the molecule is N#Cc1cn2c(NCc3c(F)ccc4c3CCO4)ncc(-c3ccc(CN4CC5CC5C4)cc3)c2n1. The van der Waals surface area contributed by atoms with E-state index in [1.54, 1.807) is 22.9 Å². The number of piperidine rings is 1. The monoisotopic (exact) mass is 480 g/mol. The first-order valence-electron chi connectivity index (χ1n) is 12.4. The van der Waals surface area contributed by atoms with Crippen LogP contribution >= 0.6 is 0 Å². The van der Waals surface area contributed by atoms with Crippen molar-refractivity contribution in [3.63, 3.8) is 0 Å². The lowest BCUT2D eigenvalue weighted by Crippen LogP contribution is -2.21. The fourth-order valence-electron chi connectivity index (χ4n) is 5.71. The van der Waals surface area contributed by atoms with Crippen LogP contribution in [0, 0.1) is 29.0 Å². The summed E-state index contributed by atoms with van der Waals surface area (Å²) in [7, 11) is 0. The van der Waals surface area contributed by atoms with E-state index in [-0.39, 0.29) is 12.4 Å². The Hall–Kier alpha value is -3.96. The van der Waals surface area contributed by atoms with E-state index in [2.05, 4.69) is 50.5 Å². The minimum absolute atomic E-state index is 0.257. The molecule has 1 aliphatic carbocycles. The molecule has 0 radical (unpaired) electrons. The van der Waals surface area contributed by atoms with Crippen LogP contribution in [0.4, 0.5) is 10.3 Å². The van der Waals surface area contributed by atoms with E-state index >= 15 is 0 Å². The van der Waals surface area contributed by atoms with E-state index in [4.69, 9.17) is 4.74 Å². The van der Waals surface area contributed by atoms with E-state index < -0.39 is 0 Å². The maximum atomic E-state index is 14.6. The number of hydrogen-bond acceptors (Lipinski definition) is 6. The zero-order chi connectivity index (χ0) is 24.2. The number of halogens is 1. The van der Waals surface area contributed by atoms with E-state index in [0.29, 0.717) is 35.9 Å². The molecule has 8 heteroatoms. The number of fused-ring (bicyclic) bond motifs is 3. The number of likely N-dealkylation sites (tertiary alicyclic amines) is 1. The average molecular weight is 481 g/mol. The van der Waals surface area contributed by atoms with Crippen molar-refractivity contribution in [3.8, 4) is 22.9 Å². The highest BCUT2D eigenvalue weighted by molar-refractivity contribution is 5.78. The van der Waals surface area contributed by atoms with Crippen molar-refractivity contribution in [2.75, 3.05) is 25.0 Å². The van der Waals surface area contributed by atoms with Gasteiger partial charge in [-0.05, 0) is 41.5 Å². The first-order chi connectivity index (χ1) is 17.7. The number of anilines is 1. The Kier molecular flexibility index (Phi) is 4.93. The van der Waals surface area contributed by atoms with Gasteiger partial charge in [0.25, 0.3) is 0 Å². The summed E-state index contributed by atoms with van der Waals surface area (Å²) >= 11 is 0. The molecule has 2 unspecified atom stereocenters. The summed E-state index contributed by atoms with van der Waals surface area (Å²) in [6.07, 6.45) is 5.53. The molecule has 36 heavy (non-hydrogen) atoms. The molecule has 2 aliphatic heterocycles. The van der Waals surface area contributed by atoms with Gasteiger partial charge in [-0.1, -0.05) is 24.3 Å². The summed E-state index contributed by atoms with van der Waals surface area (Å²) in [4.78, 5) is 11.7. The van der Waals surface area contributed by atoms with Gasteiger partial charge in [-0.25, -0.2) is 14.4 Å². The summed E-state index contributed by atoms with van der Waals surface area (Å²) < 4.78 is 22.0. The highest BCUT2D eigenvalue weighted by Gasteiger charge is 2.44. The fraction of sp³-hybridized carbons (Fsp3) is 0.321. The molecular formula is C28H25FN6O. The average Bonchev–Trinajstić information content (AvgIpc) is 3.28. The van der Waals surface area contributed by atoms with Gasteiger partial charge in [0.2, 0.25) is 5.95 Å². The van der Waals surface area contributed by atoms with Crippen LogP contribution in [0.1, 0.15) is 28.8 Å². The van der Waals surface area contributed by atoms with Crippen LogP contribution in [-0.2, 0) is 19.5 Å². The first kappa shape index (κ1) is 21.3. The van der Waals surface area contributed by atoms with Crippen molar-refractivity contribution >= 4 is 11.6 Å². The van der Waals surface area contributed by atoms with Crippen molar-refractivity contribution in [3.05, 3.63) is 77.0 Å². The van der Waals surface area contributed by atoms with E-state index in [9.17, 15) is 9.65 Å². The molecular weight excluding hydrogens is 455 g/mol. The van der Waals surface area contributed by atoms with Crippen molar-refractivity contribution in [1.29, 1.82) is 5.26 Å². The molecule has 0 amide bonds. The van der Waals surface area contributed by atoms with Crippen LogP contribution in [0.5, 0.6) is 5.75 Å². The lowest BCUT2D eigenvalue weighted by atomic mass is 10.0. The minimum Gasteiger partial charge on any atom is -0.493 e. The third-order valence-corrected chi connectivity index (χ3v) is 7.70. The predicted molar refractivity (Wildman–Crippen MR) is 133 cm³/mol. The zero-order valence-electron chi connectivity index (χ0n) is 19.7. The van der Waals surface area contributed by atoms with Gasteiger partial charge in [-0.3, -0.25) is 9.30 Å². The number of nitrogens with zero attached hydrogens (tertiary/aromatic N) is 5. The molecule has 0 bridgehead atoms. The number of hydrogen-bond donors (Lipinski definition) is 1. The number of aromatic nitrogens is 3. The third kappa shape index (κ3) is 3.67. The summed E-state index contributed by atoms with van der Waals surface area (Å²) in [5.41, 5.74) is 5.54. The second-order valence-electron chi connectivity index (χ2n) is 10.0. The molecule has 1 saturated heterocycles. The minimum atomic E-state index is -0.269. The van der Waals surface area contributed by atoms with Gasteiger partial charge >= 0.3 is 0 Å². The molecule has 2 aromatic heterocycles. The predicted octanol–water partition coefficient (Wildman–Crippen LogP) is 4.41. The molecule has 1 N–H and O–H groups in total. The summed E-state index contributed by atoms with van der Waals surface area (Å²) in [5, 5.41) is 12.7. The Morgan fingerprint density at radius 3 is 2.78 bits per heavy atom. The van der Waals surface area contributed by atoms with Crippen LogP contribution in [0.25, 0.3) is 16.8 Å². The van der Waals surface area contributed by atoms with Gasteiger partial charge in [-0.15, -0.1) is 0 Å². The zero-order valence-corrected chi connectivity index (χ0v) is 19.7. The van der Waals surface area contributed by atoms with Crippen LogP contribution in [0.15, 0.2) is 48.8 Å². The molecule has 3 aliphatic rings. The molecule has 0 spiro atoms. The van der Waals surface area contributed by atoms with E-state index in [0.717, 1.165) is 40.8 Å². The summed E-state index contributed by atoms with van der Waals surface area (Å²) in [6, 6.07) is 13.8. The molecule has 4 aromatic rings. The van der Waals surface area contributed by atoms with Crippen molar-refractivity contribution in [2.24, 2.45) is 11.8 Å². The van der Waals surface area contributed by atoms with Crippen molar-refractivity contribution in [2.45, 2.75) is 25.9 Å². The highest BCUT2D eigenvalue weighted by atomic mass is 19.1.